The Morgan fingerprint density at radius 2 is 1.87 bits per heavy atom. The molecular formula is C20H34O3. The van der Waals surface area contributed by atoms with E-state index in [2.05, 4.69) is 6.08 Å². The van der Waals surface area contributed by atoms with Gasteiger partial charge in [-0.05, 0) is 56.4 Å². The Morgan fingerprint density at radius 1 is 1.09 bits per heavy atom. The molecule has 3 heteroatoms. The molecule has 3 unspecified atom stereocenters. The summed E-state index contributed by atoms with van der Waals surface area (Å²) in [6.07, 6.45) is 17.0. The Bertz CT molecular complexity index is 371. The molecule has 1 N–H and O–H groups in total. The van der Waals surface area contributed by atoms with Gasteiger partial charge in [0.05, 0.1) is 12.2 Å². The van der Waals surface area contributed by atoms with Gasteiger partial charge in [-0.1, -0.05) is 38.2 Å². The Kier molecular flexibility index (Phi) is 8.32. The van der Waals surface area contributed by atoms with Gasteiger partial charge in [0.25, 0.3) is 0 Å². The Hall–Kier alpha value is -0.670. The SMILES string of the molecule is COC1CC(CC/C=C/C(=O)CCC2CCCCC2)CCC1O. The summed E-state index contributed by atoms with van der Waals surface area (Å²) in [7, 11) is 1.68. The van der Waals surface area contributed by atoms with Crippen LogP contribution in [0, 0.1) is 11.8 Å². The molecule has 0 aromatic heterocycles. The Labute approximate surface area is 141 Å². The second kappa shape index (κ2) is 10.2. The van der Waals surface area contributed by atoms with Gasteiger partial charge < -0.3 is 9.84 Å². The van der Waals surface area contributed by atoms with Crippen LogP contribution in [0.4, 0.5) is 0 Å². The molecule has 0 aliphatic heterocycles. The molecule has 2 aliphatic carbocycles. The summed E-state index contributed by atoms with van der Waals surface area (Å²) in [5, 5.41) is 9.81. The van der Waals surface area contributed by atoms with E-state index in [4.69, 9.17) is 4.74 Å². The lowest BCUT2D eigenvalue weighted by Gasteiger charge is -2.32. The minimum atomic E-state index is -0.298. The average Bonchev–Trinajstić information content (AvgIpc) is 2.59. The summed E-state index contributed by atoms with van der Waals surface area (Å²) in [5.74, 6) is 1.70. The zero-order valence-electron chi connectivity index (χ0n) is 14.7. The molecule has 0 bridgehead atoms. The number of rotatable bonds is 8. The van der Waals surface area contributed by atoms with Crippen LogP contribution in [0.5, 0.6) is 0 Å². The highest BCUT2D eigenvalue weighted by molar-refractivity contribution is 5.89. The summed E-state index contributed by atoms with van der Waals surface area (Å²) in [4.78, 5) is 11.9. The van der Waals surface area contributed by atoms with Crippen LogP contribution in [0.25, 0.3) is 0 Å². The summed E-state index contributed by atoms with van der Waals surface area (Å²) in [6, 6.07) is 0. The Morgan fingerprint density at radius 3 is 2.61 bits per heavy atom. The van der Waals surface area contributed by atoms with E-state index in [1.165, 1.54) is 32.1 Å². The van der Waals surface area contributed by atoms with Crippen molar-refractivity contribution in [1.29, 1.82) is 0 Å². The first kappa shape index (κ1) is 18.7. The van der Waals surface area contributed by atoms with Gasteiger partial charge in [-0.15, -0.1) is 0 Å². The van der Waals surface area contributed by atoms with Crippen molar-refractivity contribution in [3.05, 3.63) is 12.2 Å². The molecule has 2 aliphatic rings. The number of allylic oxidation sites excluding steroid dienone is 2. The quantitative estimate of drug-likeness (QED) is 0.673. The minimum absolute atomic E-state index is 0.00476. The number of hydrogen-bond acceptors (Lipinski definition) is 3. The van der Waals surface area contributed by atoms with Gasteiger partial charge >= 0.3 is 0 Å². The number of methoxy groups -OCH3 is 1. The standard InChI is InChI=1S/C20H34O3/c1-23-20-15-17(12-14-19(20)22)9-5-6-10-18(21)13-11-16-7-3-2-4-8-16/h6,10,16-17,19-20,22H,2-5,7-9,11-15H2,1H3/b10-6+. The summed E-state index contributed by atoms with van der Waals surface area (Å²) < 4.78 is 5.35. The van der Waals surface area contributed by atoms with Gasteiger partial charge in [0, 0.05) is 13.5 Å². The highest BCUT2D eigenvalue weighted by atomic mass is 16.5. The molecule has 0 heterocycles. The largest absolute Gasteiger partial charge is 0.390 e. The molecule has 2 fully saturated rings. The molecule has 0 radical (unpaired) electrons. The van der Waals surface area contributed by atoms with Gasteiger partial charge in [-0.2, -0.15) is 0 Å². The maximum Gasteiger partial charge on any atom is 0.155 e. The molecule has 132 valence electrons. The van der Waals surface area contributed by atoms with Gasteiger partial charge in [-0.3, -0.25) is 4.79 Å². The Balaban J connectivity index is 1.57. The van der Waals surface area contributed by atoms with E-state index in [-0.39, 0.29) is 12.2 Å². The second-order valence-corrected chi connectivity index (χ2v) is 7.51. The lowest BCUT2D eigenvalue weighted by Crippen LogP contribution is -2.35. The van der Waals surface area contributed by atoms with Crippen LogP contribution < -0.4 is 0 Å². The fourth-order valence-corrected chi connectivity index (χ4v) is 4.16. The third kappa shape index (κ3) is 6.76. The van der Waals surface area contributed by atoms with Crippen LogP contribution in [0.15, 0.2) is 12.2 Å². The molecule has 0 amide bonds. The number of carbonyl (C=O) groups is 1. The van der Waals surface area contributed by atoms with Crippen molar-refractivity contribution in [1.82, 2.24) is 0 Å². The first-order valence-corrected chi connectivity index (χ1v) is 9.59. The average molecular weight is 322 g/mol. The molecule has 0 aromatic carbocycles. The molecule has 3 atom stereocenters. The fourth-order valence-electron chi connectivity index (χ4n) is 4.16. The number of carbonyl (C=O) groups excluding carboxylic acids is 1. The second-order valence-electron chi connectivity index (χ2n) is 7.51. The highest BCUT2D eigenvalue weighted by Crippen LogP contribution is 2.30. The zero-order valence-corrected chi connectivity index (χ0v) is 14.7. The third-order valence-corrected chi connectivity index (χ3v) is 5.74. The number of aliphatic hydroxyl groups excluding tert-OH is 1. The normalized spacial score (nSPS) is 29.9. The van der Waals surface area contributed by atoms with Crippen LogP contribution in [0.2, 0.25) is 0 Å². The minimum Gasteiger partial charge on any atom is -0.390 e. The van der Waals surface area contributed by atoms with Crippen molar-refractivity contribution in [3.8, 4) is 0 Å². The third-order valence-electron chi connectivity index (χ3n) is 5.74. The first-order valence-electron chi connectivity index (χ1n) is 9.59. The van der Waals surface area contributed by atoms with Crippen molar-refractivity contribution in [2.45, 2.75) is 89.3 Å². The van der Waals surface area contributed by atoms with Gasteiger partial charge in [-0.25, -0.2) is 0 Å². The number of ether oxygens (including phenoxy) is 1. The first-order chi connectivity index (χ1) is 11.2. The lowest BCUT2D eigenvalue weighted by molar-refractivity contribution is -0.114. The van der Waals surface area contributed by atoms with Crippen LogP contribution in [0.3, 0.4) is 0 Å². The summed E-state index contributed by atoms with van der Waals surface area (Å²) in [5.41, 5.74) is 0. The summed E-state index contributed by atoms with van der Waals surface area (Å²) in [6.45, 7) is 0. The van der Waals surface area contributed by atoms with Crippen molar-refractivity contribution >= 4 is 5.78 Å². The van der Waals surface area contributed by atoms with E-state index in [9.17, 15) is 9.90 Å². The lowest BCUT2D eigenvalue weighted by atomic mass is 9.82. The van der Waals surface area contributed by atoms with Gasteiger partial charge in [0.1, 0.15) is 0 Å². The molecule has 0 spiro atoms. The van der Waals surface area contributed by atoms with Crippen LogP contribution in [0.1, 0.15) is 77.0 Å². The van der Waals surface area contributed by atoms with Crippen molar-refractivity contribution in [2.24, 2.45) is 11.8 Å². The van der Waals surface area contributed by atoms with Crippen LogP contribution in [-0.4, -0.2) is 30.2 Å². The molecule has 2 saturated carbocycles. The predicted octanol–water partition coefficient (Wildman–Crippen LogP) is 4.43. The van der Waals surface area contributed by atoms with Crippen molar-refractivity contribution < 1.29 is 14.6 Å². The van der Waals surface area contributed by atoms with Crippen LogP contribution in [-0.2, 0) is 9.53 Å². The van der Waals surface area contributed by atoms with E-state index in [0.717, 1.165) is 50.9 Å². The molecule has 2 rings (SSSR count). The topological polar surface area (TPSA) is 46.5 Å². The molecule has 0 saturated heterocycles. The van der Waals surface area contributed by atoms with E-state index >= 15 is 0 Å². The maximum absolute atomic E-state index is 11.9. The van der Waals surface area contributed by atoms with Crippen LogP contribution >= 0.6 is 0 Å². The molecule has 3 nitrogen and oxygen atoms in total. The van der Waals surface area contributed by atoms with E-state index in [1.807, 2.05) is 0 Å². The smallest absolute Gasteiger partial charge is 0.155 e. The van der Waals surface area contributed by atoms with Crippen molar-refractivity contribution in [2.75, 3.05) is 7.11 Å². The number of hydrogen-bond donors (Lipinski definition) is 1. The van der Waals surface area contributed by atoms with E-state index in [1.54, 1.807) is 13.2 Å². The zero-order chi connectivity index (χ0) is 16.5. The van der Waals surface area contributed by atoms with Gasteiger partial charge in [0.2, 0.25) is 0 Å². The van der Waals surface area contributed by atoms with E-state index < -0.39 is 0 Å². The van der Waals surface area contributed by atoms with E-state index in [0.29, 0.717) is 11.7 Å². The van der Waals surface area contributed by atoms with Crippen molar-refractivity contribution in [3.63, 3.8) is 0 Å². The summed E-state index contributed by atoms with van der Waals surface area (Å²) >= 11 is 0. The number of ketones is 1. The van der Waals surface area contributed by atoms with Gasteiger partial charge in [0.15, 0.2) is 5.78 Å². The predicted molar refractivity (Wildman–Crippen MR) is 93.3 cm³/mol. The fraction of sp³-hybridized carbons (Fsp3) is 0.850. The molecule has 23 heavy (non-hydrogen) atoms. The molecule has 0 aromatic rings. The maximum atomic E-state index is 11.9. The monoisotopic (exact) mass is 322 g/mol. The highest BCUT2D eigenvalue weighted by Gasteiger charge is 2.28. The molecular weight excluding hydrogens is 288 g/mol. The number of aliphatic hydroxyl groups is 1.